The third-order valence-corrected chi connectivity index (χ3v) is 5.23. The molecule has 5 rings (SSSR count). The molecule has 0 radical (unpaired) electrons. The van der Waals surface area contributed by atoms with Gasteiger partial charge < -0.3 is 15.4 Å². The predicted molar refractivity (Wildman–Crippen MR) is 132 cm³/mol. The van der Waals surface area contributed by atoms with Gasteiger partial charge in [-0.25, -0.2) is 9.97 Å². The molecule has 1 amide bonds. The lowest BCUT2D eigenvalue weighted by atomic mass is 10.1. The number of hydrogen-bond acceptors (Lipinski definition) is 6. The number of ether oxygens (including phenoxy) is 1. The number of amides is 1. The van der Waals surface area contributed by atoms with E-state index in [-0.39, 0.29) is 11.6 Å². The highest BCUT2D eigenvalue weighted by molar-refractivity contribution is 5.92. The van der Waals surface area contributed by atoms with Crippen LogP contribution in [0.15, 0.2) is 97.3 Å². The molecule has 0 aliphatic rings. The largest absolute Gasteiger partial charge is 0.457 e. The van der Waals surface area contributed by atoms with E-state index in [1.807, 2.05) is 48.5 Å². The lowest BCUT2D eigenvalue weighted by Gasteiger charge is -2.09. The molecule has 2 N–H and O–H groups in total. The molecule has 5 aromatic rings. The van der Waals surface area contributed by atoms with Crippen LogP contribution in [0.3, 0.4) is 0 Å². The van der Waals surface area contributed by atoms with Gasteiger partial charge in [0.05, 0.1) is 5.52 Å². The number of anilines is 2. The van der Waals surface area contributed by atoms with Crippen molar-refractivity contribution in [3.8, 4) is 22.6 Å². The van der Waals surface area contributed by atoms with Crippen LogP contribution in [0.5, 0.6) is 11.5 Å². The molecular weight excluding hydrogens is 426 g/mol. The minimum absolute atomic E-state index is 0.271. The zero-order valence-corrected chi connectivity index (χ0v) is 18.4. The van der Waals surface area contributed by atoms with Crippen LogP contribution in [-0.2, 0) is 0 Å². The molecule has 0 aliphatic carbocycles. The lowest BCUT2D eigenvalue weighted by molar-refractivity contribution is 0.0958. The van der Waals surface area contributed by atoms with Gasteiger partial charge in [0.25, 0.3) is 5.91 Å². The van der Waals surface area contributed by atoms with Crippen molar-refractivity contribution in [3.63, 3.8) is 0 Å². The fraction of sp³-hybridized carbons (Fsp3) is 0.0370. The third-order valence-electron chi connectivity index (χ3n) is 5.23. The first-order chi connectivity index (χ1) is 16.7. The van der Waals surface area contributed by atoms with E-state index in [9.17, 15) is 4.79 Å². The summed E-state index contributed by atoms with van der Waals surface area (Å²) in [6.07, 6.45) is 3.28. The van der Waals surface area contributed by atoms with Crippen LogP contribution in [-0.4, -0.2) is 27.9 Å². The summed E-state index contributed by atoms with van der Waals surface area (Å²) in [4.78, 5) is 24.9. The summed E-state index contributed by atoms with van der Waals surface area (Å²) in [5.74, 6) is 1.37. The number of aromatic nitrogens is 3. The fourth-order valence-corrected chi connectivity index (χ4v) is 3.50. The highest BCUT2D eigenvalue weighted by Crippen LogP contribution is 2.26. The summed E-state index contributed by atoms with van der Waals surface area (Å²) in [6.45, 7) is 0. The maximum absolute atomic E-state index is 11.8. The Morgan fingerprint density at radius 3 is 2.38 bits per heavy atom. The van der Waals surface area contributed by atoms with E-state index < -0.39 is 0 Å². The van der Waals surface area contributed by atoms with Crippen molar-refractivity contribution in [2.75, 3.05) is 12.4 Å². The number of nitrogens with one attached hydrogen (secondary N) is 2. The average Bonchev–Trinajstić information content (AvgIpc) is 2.89. The molecule has 2 heterocycles. The van der Waals surface area contributed by atoms with Gasteiger partial charge in [-0.1, -0.05) is 42.5 Å². The molecule has 0 unspecified atom stereocenters. The Bertz CT molecular complexity index is 1450. The van der Waals surface area contributed by atoms with Gasteiger partial charge in [0.2, 0.25) is 5.95 Å². The molecule has 7 heteroatoms. The number of rotatable bonds is 6. The zero-order valence-electron chi connectivity index (χ0n) is 18.4. The second-order valence-electron chi connectivity index (χ2n) is 7.54. The van der Waals surface area contributed by atoms with Crippen LogP contribution < -0.4 is 15.4 Å². The summed E-state index contributed by atoms with van der Waals surface area (Å²) < 4.78 is 5.90. The van der Waals surface area contributed by atoms with Crippen molar-refractivity contribution in [1.29, 1.82) is 0 Å². The fourth-order valence-electron chi connectivity index (χ4n) is 3.50. The topological polar surface area (TPSA) is 89.0 Å². The molecule has 7 nitrogen and oxygen atoms in total. The second-order valence-corrected chi connectivity index (χ2v) is 7.54. The van der Waals surface area contributed by atoms with Crippen molar-refractivity contribution in [1.82, 2.24) is 20.3 Å². The van der Waals surface area contributed by atoms with Crippen LogP contribution in [0.2, 0.25) is 0 Å². The summed E-state index contributed by atoms with van der Waals surface area (Å²) in [7, 11) is 1.56. The standard InChI is InChI=1S/C27H21N5O2/c1-28-26(33)25-16-23(13-14-29-25)34-22-11-12-24-20(15-22)17-30-27(32-24)31-21-9-7-19(8-10-21)18-5-3-2-4-6-18/h2-17H,1H3,(H,28,33)(H,30,31,32). The third kappa shape index (κ3) is 4.68. The van der Waals surface area contributed by atoms with E-state index in [0.717, 1.165) is 22.2 Å². The molecule has 3 aromatic carbocycles. The molecule has 0 aliphatic heterocycles. The first-order valence-electron chi connectivity index (χ1n) is 10.7. The van der Waals surface area contributed by atoms with E-state index in [1.165, 1.54) is 11.8 Å². The smallest absolute Gasteiger partial charge is 0.269 e. The molecule has 166 valence electrons. The van der Waals surface area contributed by atoms with Gasteiger partial charge in [0, 0.05) is 36.6 Å². The maximum Gasteiger partial charge on any atom is 0.269 e. The first kappa shape index (κ1) is 21.1. The number of nitrogens with zero attached hydrogens (tertiary/aromatic N) is 3. The summed E-state index contributed by atoms with van der Waals surface area (Å²) in [5, 5.41) is 6.64. The molecule has 0 saturated carbocycles. The van der Waals surface area contributed by atoms with Gasteiger partial charge in [-0.3, -0.25) is 9.78 Å². The molecule has 0 bridgehead atoms. The van der Waals surface area contributed by atoms with Crippen molar-refractivity contribution in [2.45, 2.75) is 0 Å². The number of carbonyl (C=O) groups excluding carboxylic acids is 1. The van der Waals surface area contributed by atoms with E-state index in [4.69, 9.17) is 4.74 Å². The Morgan fingerprint density at radius 2 is 1.59 bits per heavy atom. The monoisotopic (exact) mass is 447 g/mol. The summed E-state index contributed by atoms with van der Waals surface area (Å²) in [6, 6.07) is 27.2. The van der Waals surface area contributed by atoms with E-state index >= 15 is 0 Å². The van der Waals surface area contributed by atoms with Crippen LogP contribution in [0.1, 0.15) is 10.5 Å². The van der Waals surface area contributed by atoms with Crippen molar-refractivity contribution in [3.05, 3.63) is 103 Å². The Labute approximate surface area is 196 Å². The van der Waals surface area contributed by atoms with Gasteiger partial charge in [-0.2, -0.15) is 0 Å². The molecule has 0 saturated heterocycles. The maximum atomic E-state index is 11.8. The number of benzene rings is 3. The van der Waals surface area contributed by atoms with Crippen LogP contribution >= 0.6 is 0 Å². The molecule has 0 fully saturated rings. The molecule has 0 atom stereocenters. The highest BCUT2D eigenvalue weighted by atomic mass is 16.5. The first-order valence-corrected chi connectivity index (χ1v) is 10.7. The van der Waals surface area contributed by atoms with E-state index in [2.05, 4.69) is 49.9 Å². The normalized spacial score (nSPS) is 10.6. The molecule has 0 spiro atoms. The number of carbonyl (C=O) groups is 1. The minimum Gasteiger partial charge on any atom is -0.457 e. The quantitative estimate of drug-likeness (QED) is 0.353. The van der Waals surface area contributed by atoms with Crippen molar-refractivity contribution in [2.24, 2.45) is 0 Å². The number of hydrogen-bond donors (Lipinski definition) is 2. The van der Waals surface area contributed by atoms with Crippen LogP contribution in [0.4, 0.5) is 11.6 Å². The van der Waals surface area contributed by atoms with Crippen molar-refractivity contribution < 1.29 is 9.53 Å². The zero-order chi connectivity index (χ0) is 23.3. The van der Waals surface area contributed by atoms with Crippen LogP contribution in [0, 0.1) is 0 Å². The Balaban J connectivity index is 1.31. The van der Waals surface area contributed by atoms with Gasteiger partial charge in [-0.15, -0.1) is 0 Å². The van der Waals surface area contributed by atoms with E-state index in [0.29, 0.717) is 17.4 Å². The summed E-state index contributed by atoms with van der Waals surface area (Å²) in [5.41, 5.74) is 4.30. The van der Waals surface area contributed by atoms with Gasteiger partial charge in [0.15, 0.2) is 0 Å². The Kier molecular flexibility index (Phi) is 5.82. The molecule has 2 aromatic heterocycles. The highest BCUT2D eigenvalue weighted by Gasteiger charge is 2.08. The number of fused-ring (bicyclic) bond motifs is 1. The summed E-state index contributed by atoms with van der Waals surface area (Å²) >= 11 is 0. The Morgan fingerprint density at radius 1 is 0.824 bits per heavy atom. The van der Waals surface area contributed by atoms with Crippen LogP contribution in [0.25, 0.3) is 22.0 Å². The lowest BCUT2D eigenvalue weighted by Crippen LogP contribution is -2.18. The van der Waals surface area contributed by atoms with Gasteiger partial charge in [0.1, 0.15) is 17.2 Å². The molecule has 34 heavy (non-hydrogen) atoms. The van der Waals surface area contributed by atoms with E-state index in [1.54, 1.807) is 25.4 Å². The predicted octanol–water partition coefficient (Wildman–Crippen LogP) is 5.59. The second kappa shape index (κ2) is 9.38. The average molecular weight is 447 g/mol. The minimum atomic E-state index is -0.271. The SMILES string of the molecule is CNC(=O)c1cc(Oc2ccc3nc(Nc4ccc(-c5ccccc5)cc4)ncc3c2)ccn1. The Hall–Kier alpha value is -4.78. The molecular formula is C27H21N5O2. The van der Waals surface area contributed by atoms with Gasteiger partial charge in [-0.05, 0) is 47.5 Å². The number of pyridine rings is 1. The van der Waals surface area contributed by atoms with Crippen molar-refractivity contribution >= 4 is 28.4 Å². The van der Waals surface area contributed by atoms with Gasteiger partial charge >= 0.3 is 0 Å².